The van der Waals surface area contributed by atoms with Crippen LogP contribution >= 0.6 is 0 Å². The molecule has 0 saturated carbocycles. The van der Waals surface area contributed by atoms with Gasteiger partial charge < -0.3 is 86.5 Å². The molecule has 1 fully saturated rings. The molecule has 0 radical (unpaired) electrons. The SMILES string of the molecule is NC(=O)CCC(NC(=O)OCc1ccccc1)C(=O)NCCOCCOCCNC(=O)CCOc1ccc(-c2nncnn2)cc1.NCCOCCOCCNC(=O)C(CCC(N)=O)NC(=O)OCc1ccccc1.O=C(CCOc1ccc(-c2nncnn2)cc1)ON1C(=O)CCC1=O. The average molecular weight is 1390 g/mol. The highest BCUT2D eigenvalue weighted by atomic mass is 16.7. The van der Waals surface area contributed by atoms with Crippen LogP contribution in [0.2, 0.25) is 0 Å². The molecule has 0 bridgehead atoms. The Kier molecular flexibility index (Phi) is 37.7. The van der Waals surface area contributed by atoms with E-state index in [0.29, 0.717) is 74.3 Å². The van der Waals surface area contributed by atoms with Gasteiger partial charge in [-0.05, 0) is 72.5 Å². The number of benzene rings is 4. The van der Waals surface area contributed by atoms with Crippen LogP contribution in [0.25, 0.3) is 22.8 Å². The first-order chi connectivity index (χ1) is 48.6. The lowest BCUT2D eigenvalue weighted by atomic mass is 10.1. The maximum absolute atomic E-state index is 12.6. The van der Waals surface area contributed by atoms with E-state index in [4.69, 9.17) is 59.9 Å². The Morgan fingerprint density at radius 2 is 0.850 bits per heavy atom. The van der Waals surface area contributed by atoms with Crippen LogP contribution in [0.4, 0.5) is 9.59 Å². The van der Waals surface area contributed by atoms with Gasteiger partial charge in [-0.2, -0.15) is 0 Å². The Labute approximate surface area is 574 Å². The predicted molar refractivity (Wildman–Crippen MR) is 349 cm³/mol. The van der Waals surface area contributed by atoms with E-state index in [0.717, 1.165) is 22.3 Å². The number of hydroxylamine groups is 2. The molecule has 6 aromatic rings. The van der Waals surface area contributed by atoms with Gasteiger partial charge in [0.25, 0.3) is 11.8 Å². The lowest BCUT2D eigenvalue weighted by Crippen LogP contribution is -2.48. The van der Waals surface area contributed by atoms with Crippen molar-refractivity contribution in [2.45, 2.75) is 76.7 Å². The molecule has 9 amide bonds. The fourth-order valence-corrected chi connectivity index (χ4v) is 8.10. The number of hydrogen-bond acceptors (Lipinski definition) is 28. The molecule has 2 atom stereocenters. The third kappa shape index (κ3) is 34.0. The van der Waals surface area contributed by atoms with Gasteiger partial charge in [-0.3, -0.25) is 33.6 Å². The van der Waals surface area contributed by atoms with E-state index in [1.165, 1.54) is 12.7 Å². The standard InChI is InChI=1S/C30H38N8O8.C19H30N4O6.C15H13N5O5/c31-26(39)11-10-25(36-30(42)46-20-22-4-2-1-3-5-22)29(41)33-14-17-44-19-18-43-16-13-32-27(40)12-15-45-24-8-6-23(7-9-24)28-37-34-21-35-38-28;20-8-10-27-12-13-28-11-9-22-18(25)16(6-7-17(21)24)23-19(26)29-14-15-4-2-1-3-5-15;21-12-5-6-13(22)20(12)25-14(23)7-8-24-11-3-1-10(2-4-11)15-18-16-9-17-19-15/h1-9,21,25H,10-20H2,(H2,31,39)(H,32,40)(H,33,41)(H,36,42);1-5,16H,6-14,20H2,(H2,21,24)(H,22,25)(H,23,26);1-4,9H,5-8H2. The first-order valence-corrected chi connectivity index (χ1v) is 31.4. The van der Waals surface area contributed by atoms with Gasteiger partial charge in [0.15, 0.2) is 12.7 Å². The molecule has 1 aliphatic heterocycles. The van der Waals surface area contributed by atoms with E-state index in [1.54, 1.807) is 60.7 Å². The van der Waals surface area contributed by atoms with Crippen molar-refractivity contribution < 1.29 is 90.7 Å². The Hall–Kier alpha value is -11.3. The summed E-state index contributed by atoms with van der Waals surface area (Å²) in [5.74, 6) is -2.09. The number of aromatic nitrogens is 8. The number of carbonyl (C=O) groups excluding carboxylic acids is 10. The zero-order valence-corrected chi connectivity index (χ0v) is 54.7. The maximum Gasteiger partial charge on any atom is 0.408 e. The van der Waals surface area contributed by atoms with Crippen LogP contribution in [0.1, 0.15) is 62.5 Å². The van der Waals surface area contributed by atoms with Crippen molar-refractivity contribution in [3.8, 4) is 34.3 Å². The Morgan fingerprint density at radius 1 is 0.460 bits per heavy atom. The third-order valence-corrected chi connectivity index (χ3v) is 13.1. The zero-order valence-electron chi connectivity index (χ0n) is 54.7. The highest BCUT2D eigenvalue weighted by Gasteiger charge is 2.33. The largest absolute Gasteiger partial charge is 0.493 e. The number of rotatable bonds is 42. The summed E-state index contributed by atoms with van der Waals surface area (Å²) in [5.41, 5.74) is 18.7. The van der Waals surface area contributed by atoms with Gasteiger partial charge >= 0.3 is 18.2 Å². The van der Waals surface area contributed by atoms with Gasteiger partial charge in [-0.25, -0.2) is 14.4 Å². The molecule has 1 saturated heterocycles. The number of ether oxygens (including phenoxy) is 8. The molecule has 100 heavy (non-hydrogen) atoms. The molecule has 7 rings (SSSR count). The Morgan fingerprint density at radius 3 is 1.25 bits per heavy atom. The van der Waals surface area contributed by atoms with E-state index >= 15 is 0 Å². The average Bonchev–Trinajstić information content (AvgIpc) is 1.77. The summed E-state index contributed by atoms with van der Waals surface area (Å²) in [4.78, 5) is 122. The summed E-state index contributed by atoms with van der Waals surface area (Å²) in [6, 6.07) is 30.1. The number of primary amides is 2. The zero-order chi connectivity index (χ0) is 71.8. The molecular formula is C64H81N17O19. The fourth-order valence-electron chi connectivity index (χ4n) is 8.10. The minimum atomic E-state index is -1.00. The van der Waals surface area contributed by atoms with Gasteiger partial charge in [-0.1, -0.05) is 60.7 Å². The van der Waals surface area contributed by atoms with Crippen molar-refractivity contribution in [3.05, 3.63) is 133 Å². The van der Waals surface area contributed by atoms with Gasteiger partial charge in [-0.15, -0.1) is 45.9 Å². The quantitative estimate of drug-likeness (QED) is 0.0191. The minimum absolute atomic E-state index is 0.0233. The summed E-state index contributed by atoms with van der Waals surface area (Å²) in [6.07, 6.45) is 1.10. The monoisotopic (exact) mass is 1390 g/mol. The molecular weight excluding hydrogens is 1310 g/mol. The lowest BCUT2D eigenvalue weighted by Gasteiger charge is -2.18. The van der Waals surface area contributed by atoms with Crippen LogP contribution in [0.15, 0.2) is 122 Å². The van der Waals surface area contributed by atoms with E-state index in [1.807, 2.05) is 48.5 Å². The number of nitrogens with zero attached hydrogens (tertiary/aromatic N) is 9. The minimum Gasteiger partial charge on any atom is -0.493 e. The van der Waals surface area contributed by atoms with Crippen LogP contribution < -0.4 is 53.3 Å². The second-order valence-corrected chi connectivity index (χ2v) is 20.7. The van der Waals surface area contributed by atoms with Crippen LogP contribution in [-0.2, 0) is 84.8 Å². The highest BCUT2D eigenvalue weighted by Crippen LogP contribution is 2.20. The fraction of sp³-hybridized carbons (Fsp3) is 0.406. The predicted octanol–water partition coefficient (Wildman–Crippen LogP) is 0.493. The van der Waals surface area contributed by atoms with Crippen LogP contribution in [0, 0.1) is 0 Å². The van der Waals surface area contributed by atoms with E-state index in [-0.39, 0.29) is 117 Å². The summed E-state index contributed by atoms with van der Waals surface area (Å²) in [6.45, 7) is 4.14. The molecule has 36 nitrogen and oxygen atoms in total. The molecule has 11 N–H and O–H groups in total. The first-order valence-electron chi connectivity index (χ1n) is 31.4. The van der Waals surface area contributed by atoms with Gasteiger partial charge in [0.1, 0.15) is 36.8 Å². The van der Waals surface area contributed by atoms with Crippen molar-refractivity contribution in [2.75, 3.05) is 92.2 Å². The molecule has 0 aliphatic carbocycles. The Bertz CT molecular complexity index is 3420. The number of hydrogen-bond donors (Lipinski definition) is 8. The van der Waals surface area contributed by atoms with E-state index < -0.39 is 65.7 Å². The maximum atomic E-state index is 12.6. The summed E-state index contributed by atoms with van der Waals surface area (Å²) >= 11 is 0. The molecule has 1 aliphatic rings. The Balaban J connectivity index is 0.000000287. The van der Waals surface area contributed by atoms with Gasteiger partial charge in [0, 0.05) is 63.0 Å². The smallest absolute Gasteiger partial charge is 0.408 e. The lowest BCUT2D eigenvalue weighted by molar-refractivity contribution is -0.197. The molecule has 536 valence electrons. The summed E-state index contributed by atoms with van der Waals surface area (Å²) < 4.78 is 42.6. The molecule has 0 spiro atoms. The topological polar surface area (TPSA) is 498 Å². The number of amides is 9. The number of nitrogens with one attached hydrogen (secondary N) is 5. The van der Waals surface area contributed by atoms with Crippen LogP contribution in [-0.4, -0.2) is 210 Å². The number of carbonyl (C=O) groups is 10. The first kappa shape index (κ1) is 79.3. The van der Waals surface area contributed by atoms with Gasteiger partial charge in [0.05, 0.1) is 78.9 Å². The second kappa shape index (κ2) is 47.6. The molecule has 2 unspecified atom stereocenters. The number of imide groups is 1. The molecule has 3 heterocycles. The highest BCUT2D eigenvalue weighted by molar-refractivity contribution is 6.01. The molecule has 36 heteroatoms. The second-order valence-electron chi connectivity index (χ2n) is 20.7. The number of nitrogens with two attached hydrogens (primary N) is 3. The summed E-state index contributed by atoms with van der Waals surface area (Å²) in [7, 11) is 0. The van der Waals surface area contributed by atoms with Crippen molar-refractivity contribution in [1.82, 2.24) is 72.4 Å². The third-order valence-electron chi connectivity index (χ3n) is 13.1. The normalized spacial score (nSPS) is 11.9. The molecule has 4 aromatic carbocycles. The van der Waals surface area contributed by atoms with Crippen LogP contribution in [0.3, 0.4) is 0 Å². The van der Waals surface area contributed by atoms with Crippen molar-refractivity contribution >= 4 is 59.5 Å². The van der Waals surface area contributed by atoms with Crippen molar-refractivity contribution in [1.29, 1.82) is 0 Å². The van der Waals surface area contributed by atoms with Gasteiger partial charge in [0.2, 0.25) is 41.2 Å². The van der Waals surface area contributed by atoms with E-state index in [2.05, 4.69) is 67.4 Å². The van der Waals surface area contributed by atoms with E-state index in [9.17, 15) is 47.9 Å². The number of alkyl carbamates (subject to hydrolysis) is 2. The van der Waals surface area contributed by atoms with Crippen molar-refractivity contribution in [3.63, 3.8) is 0 Å². The summed E-state index contributed by atoms with van der Waals surface area (Å²) in [5, 5.41) is 43.6. The van der Waals surface area contributed by atoms with Crippen LogP contribution in [0.5, 0.6) is 11.5 Å². The van der Waals surface area contributed by atoms with Crippen molar-refractivity contribution in [2.24, 2.45) is 17.2 Å². The molecule has 2 aromatic heterocycles.